The first-order valence-corrected chi connectivity index (χ1v) is 15.5. The van der Waals surface area contributed by atoms with Crippen LogP contribution in [-0.2, 0) is 28.3 Å². The van der Waals surface area contributed by atoms with Gasteiger partial charge in [0.25, 0.3) is 0 Å². The van der Waals surface area contributed by atoms with Gasteiger partial charge in [-0.2, -0.15) is 0 Å². The Kier molecular flexibility index (Phi) is 11.0. The van der Waals surface area contributed by atoms with Crippen molar-refractivity contribution in [1.82, 2.24) is 10.2 Å². The fourth-order valence-corrected chi connectivity index (χ4v) is 6.41. The normalized spacial score (nSPS) is 14.3. The number of nitrogens with one attached hydrogen (secondary N) is 1. The zero-order valence-electron chi connectivity index (χ0n) is 21.0. The molecule has 2 amide bonds. The predicted molar refractivity (Wildman–Crippen MR) is 162 cm³/mol. The number of thioether (sulfide) groups is 1. The van der Waals surface area contributed by atoms with Crippen LogP contribution in [0, 0.1) is 0 Å². The zero-order valence-corrected chi connectivity index (χ0v) is 25.0. The minimum Gasteiger partial charge on any atom is -0.352 e. The highest BCUT2D eigenvalue weighted by Crippen LogP contribution is 2.26. The monoisotopic (exact) mass is 632 g/mol. The van der Waals surface area contributed by atoms with Crippen molar-refractivity contribution in [3.05, 3.63) is 104 Å². The summed E-state index contributed by atoms with van der Waals surface area (Å²) in [5, 5.41) is 4.41. The van der Waals surface area contributed by atoms with Crippen molar-refractivity contribution >= 4 is 62.7 Å². The van der Waals surface area contributed by atoms with Gasteiger partial charge < -0.3 is 10.2 Å². The van der Waals surface area contributed by atoms with E-state index in [1.54, 1.807) is 17.0 Å². The van der Waals surface area contributed by atoms with Crippen LogP contribution in [0.3, 0.4) is 0 Å². The molecule has 1 aliphatic rings. The highest BCUT2D eigenvalue weighted by molar-refractivity contribution is 9.10. The first kappa shape index (κ1) is 29.0. The Hall–Kier alpha value is -1.99. The van der Waals surface area contributed by atoms with Gasteiger partial charge in [0, 0.05) is 39.3 Å². The molecular formula is C30H31BrCl2N2O2S. The molecule has 1 aliphatic carbocycles. The maximum Gasteiger partial charge on any atom is 0.243 e. The SMILES string of the molecule is O=C(NC1CCCC1)C(Cc1ccccc1)N(Cc1ccc(Br)cc1)C(=O)CSCc1ccc(Cl)cc1Cl. The number of nitrogens with zero attached hydrogens (tertiary/aromatic N) is 1. The summed E-state index contributed by atoms with van der Waals surface area (Å²) in [6, 6.07) is 22.7. The summed E-state index contributed by atoms with van der Waals surface area (Å²) in [6.07, 6.45) is 4.68. The predicted octanol–water partition coefficient (Wildman–Crippen LogP) is 7.69. The van der Waals surface area contributed by atoms with E-state index in [1.165, 1.54) is 11.8 Å². The third-order valence-electron chi connectivity index (χ3n) is 6.74. The van der Waals surface area contributed by atoms with Crippen LogP contribution in [0.4, 0.5) is 0 Å². The molecular weight excluding hydrogens is 603 g/mol. The Labute approximate surface area is 247 Å². The van der Waals surface area contributed by atoms with E-state index in [-0.39, 0.29) is 23.6 Å². The topological polar surface area (TPSA) is 49.4 Å². The standard InChI is InChI=1S/C30H31BrCl2N2O2S/c31-24-13-10-22(11-14-24)18-35(29(36)20-38-19-23-12-15-25(32)17-27(23)33)28(16-21-6-2-1-3-7-21)30(37)34-26-8-4-5-9-26/h1-3,6-7,10-15,17,26,28H,4-5,8-9,16,18-20H2,(H,34,37). The van der Waals surface area contributed by atoms with E-state index in [2.05, 4.69) is 21.2 Å². The van der Waals surface area contributed by atoms with Crippen LogP contribution in [0.15, 0.2) is 77.3 Å². The molecule has 0 radical (unpaired) electrons. The maximum absolute atomic E-state index is 13.8. The van der Waals surface area contributed by atoms with Crippen LogP contribution in [0.5, 0.6) is 0 Å². The highest BCUT2D eigenvalue weighted by atomic mass is 79.9. The van der Waals surface area contributed by atoms with E-state index in [0.717, 1.165) is 46.8 Å². The molecule has 1 saturated carbocycles. The molecule has 200 valence electrons. The summed E-state index contributed by atoms with van der Waals surface area (Å²) in [5.41, 5.74) is 2.92. The number of halogens is 3. The molecule has 0 aromatic heterocycles. The molecule has 1 N–H and O–H groups in total. The van der Waals surface area contributed by atoms with E-state index >= 15 is 0 Å². The fourth-order valence-electron chi connectivity index (χ4n) is 4.68. The number of carbonyl (C=O) groups excluding carboxylic acids is 2. The van der Waals surface area contributed by atoms with Crippen molar-refractivity contribution in [3.8, 4) is 0 Å². The average Bonchev–Trinajstić information content (AvgIpc) is 3.42. The van der Waals surface area contributed by atoms with Gasteiger partial charge in [-0.05, 0) is 53.8 Å². The summed E-state index contributed by atoms with van der Waals surface area (Å²) in [5.74, 6) is 0.644. The van der Waals surface area contributed by atoms with Crippen molar-refractivity contribution in [3.63, 3.8) is 0 Å². The van der Waals surface area contributed by atoms with Crippen LogP contribution in [0.2, 0.25) is 10.0 Å². The van der Waals surface area contributed by atoms with Gasteiger partial charge in [0.15, 0.2) is 0 Å². The Morgan fingerprint density at radius 1 is 0.974 bits per heavy atom. The van der Waals surface area contributed by atoms with Gasteiger partial charge >= 0.3 is 0 Å². The summed E-state index contributed by atoms with van der Waals surface area (Å²) in [6.45, 7) is 0.351. The van der Waals surface area contributed by atoms with E-state index in [9.17, 15) is 9.59 Å². The third kappa shape index (κ3) is 8.51. The first-order valence-electron chi connectivity index (χ1n) is 12.8. The van der Waals surface area contributed by atoms with Gasteiger partial charge in [0.2, 0.25) is 11.8 Å². The largest absolute Gasteiger partial charge is 0.352 e. The molecule has 0 aliphatic heterocycles. The molecule has 3 aromatic rings. The van der Waals surface area contributed by atoms with Crippen LogP contribution < -0.4 is 5.32 Å². The van der Waals surface area contributed by atoms with Crippen molar-refractivity contribution in [2.24, 2.45) is 0 Å². The van der Waals surface area contributed by atoms with E-state index in [4.69, 9.17) is 23.2 Å². The lowest BCUT2D eigenvalue weighted by atomic mass is 10.0. The Morgan fingerprint density at radius 3 is 2.37 bits per heavy atom. The molecule has 0 saturated heterocycles. The van der Waals surface area contributed by atoms with Gasteiger partial charge in [0.05, 0.1) is 5.75 Å². The lowest BCUT2D eigenvalue weighted by Gasteiger charge is -2.32. The molecule has 1 unspecified atom stereocenters. The smallest absolute Gasteiger partial charge is 0.243 e. The quantitative estimate of drug-likeness (QED) is 0.236. The highest BCUT2D eigenvalue weighted by Gasteiger charge is 2.32. The van der Waals surface area contributed by atoms with E-state index < -0.39 is 6.04 Å². The second-order valence-electron chi connectivity index (χ2n) is 9.57. The molecule has 0 bridgehead atoms. The van der Waals surface area contributed by atoms with Crippen molar-refractivity contribution in [1.29, 1.82) is 0 Å². The van der Waals surface area contributed by atoms with Crippen LogP contribution >= 0.6 is 50.9 Å². The lowest BCUT2D eigenvalue weighted by molar-refractivity contribution is -0.139. The Balaban J connectivity index is 1.56. The summed E-state index contributed by atoms with van der Waals surface area (Å²) in [4.78, 5) is 29.2. The summed E-state index contributed by atoms with van der Waals surface area (Å²) >= 11 is 17.3. The van der Waals surface area contributed by atoms with Crippen LogP contribution in [-0.4, -0.2) is 34.6 Å². The summed E-state index contributed by atoms with van der Waals surface area (Å²) < 4.78 is 0.967. The van der Waals surface area contributed by atoms with Gasteiger partial charge in [-0.3, -0.25) is 9.59 Å². The number of hydrogen-bond donors (Lipinski definition) is 1. The lowest BCUT2D eigenvalue weighted by Crippen LogP contribution is -2.52. The number of benzene rings is 3. The first-order chi connectivity index (χ1) is 18.4. The van der Waals surface area contributed by atoms with Crippen molar-refractivity contribution in [2.45, 2.75) is 56.5 Å². The van der Waals surface area contributed by atoms with Gasteiger partial charge in [-0.1, -0.05) is 101 Å². The molecule has 8 heteroatoms. The minimum absolute atomic E-state index is 0.0782. The Morgan fingerprint density at radius 2 is 1.68 bits per heavy atom. The average molecular weight is 634 g/mol. The van der Waals surface area contributed by atoms with Gasteiger partial charge in [0.1, 0.15) is 6.04 Å². The minimum atomic E-state index is -0.617. The number of amides is 2. The van der Waals surface area contributed by atoms with Crippen LogP contribution in [0.25, 0.3) is 0 Å². The Bertz CT molecular complexity index is 1220. The molecule has 0 spiro atoms. The van der Waals surface area contributed by atoms with Gasteiger partial charge in [-0.15, -0.1) is 11.8 Å². The second kappa shape index (κ2) is 14.4. The van der Waals surface area contributed by atoms with Crippen molar-refractivity contribution in [2.75, 3.05) is 5.75 Å². The number of rotatable bonds is 11. The third-order valence-corrected chi connectivity index (χ3v) is 8.82. The molecule has 3 aromatic carbocycles. The molecule has 1 atom stereocenters. The maximum atomic E-state index is 13.8. The molecule has 4 rings (SSSR count). The zero-order chi connectivity index (χ0) is 26.9. The molecule has 38 heavy (non-hydrogen) atoms. The van der Waals surface area contributed by atoms with Gasteiger partial charge in [-0.25, -0.2) is 0 Å². The molecule has 1 fully saturated rings. The van der Waals surface area contributed by atoms with Crippen molar-refractivity contribution < 1.29 is 9.59 Å². The molecule has 0 heterocycles. The summed E-state index contributed by atoms with van der Waals surface area (Å²) in [7, 11) is 0. The van der Waals surface area contributed by atoms with E-state index in [1.807, 2.05) is 60.7 Å². The number of carbonyl (C=O) groups is 2. The number of hydrogen-bond acceptors (Lipinski definition) is 3. The van der Waals surface area contributed by atoms with E-state index in [0.29, 0.717) is 28.8 Å². The fraction of sp³-hybridized carbons (Fsp3) is 0.333. The second-order valence-corrected chi connectivity index (χ2v) is 12.3. The van der Waals surface area contributed by atoms with Crippen LogP contribution in [0.1, 0.15) is 42.4 Å². The molecule has 4 nitrogen and oxygen atoms in total.